The second-order valence-corrected chi connectivity index (χ2v) is 29.2. The normalized spacial score (nSPS) is 54.5. The second-order valence-electron chi connectivity index (χ2n) is 29.2. The van der Waals surface area contributed by atoms with Crippen LogP contribution in [0.2, 0.25) is 0 Å². The number of aliphatic hydroxyl groups is 23. The smallest absolute Gasteiger partial charge is 0.314 e. The van der Waals surface area contributed by atoms with E-state index in [0.29, 0.717) is 56.9 Å². The van der Waals surface area contributed by atoms with Gasteiger partial charge in [0.25, 0.3) is 0 Å². The molecule has 4 aliphatic carbocycles. The maximum absolute atomic E-state index is 14.5. The lowest BCUT2D eigenvalue weighted by molar-refractivity contribution is -0.407. The van der Waals surface area contributed by atoms with Crippen LogP contribution in [0.15, 0.2) is 12.2 Å². The van der Waals surface area contributed by atoms with E-state index in [1.165, 1.54) is 0 Å². The highest BCUT2D eigenvalue weighted by molar-refractivity contribution is 5.77. The fourth-order valence-electron chi connectivity index (χ4n) is 18.0. The maximum atomic E-state index is 14.5. The first-order valence-electron chi connectivity index (χ1n) is 33.9. The molecule has 1 spiro atoms. The van der Waals surface area contributed by atoms with Gasteiger partial charge in [-0.1, -0.05) is 19.9 Å². The zero-order valence-corrected chi connectivity index (χ0v) is 54.8. The zero-order valence-electron chi connectivity index (χ0n) is 54.8. The molecule has 23 N–H and O–H groups in total. The van der Waals surface area contributed by atoms with Crippen LogP contribution in [0, 0.1) is 28.1 Å². The van der Waals surface area contributed by atoms with E-state index in [0.717, 1.165) is 0 Å². The number of aliphatic hydroxyl groups excluding tert-OH is 23. The molecule has 7 aliphatic heterocycles. The van der Waals surface area contributed by atoms with E-state index >= 15 is 0 Å². The van der Waals surface area contributed by atoms with Gasteiger partial charge in [0.2, 0.25) is 6.29 Å². The van der Waals surface area contributed by atoms with Gasteiger partial charge in [-0.15, -0.1) is 0 Å². The van der Waals surface area contributed by atoms with Gasteiger partial charge in [-0.05, 0) is 86.5 Å². The summed E-state index contributed by atoms with van der Waals surface area (Å²) in [4.78, 5) is 14.5. The van der Waals surface area contributed by atoms with E-state index in [-0.39, 0.29) is 18.3 Å². The lowest BCUT2D eigenvalue weighted by Crippen LogP contribution is -2.69. The Kier molecular flexibility index (Phi) is 24.6. The van der Waals surface area contributed by atoms with Gasteiger partial charge in [-0.2, -0.15) is 0 Å². The second kappa shape index (κ2) is 31.2. The van der Waals surface area contributed by atoms with Crippen molar-refractivity contribution in [1.82, 2.24) is 0 Å². The Bertz CT molecular complexity index is 2720. The minimum absolute atomic E-state index is 0.0830. The molecule has 38 nitrogen and oxygen atoms in total. The molecule has 0 amide bonds. The molecule has 0 aromatic carbocycles. The van der Waals surface area contributed by atoms with Crippen molar-refractivity contribution in [2.24, 2.45) is 28.1 Å². The Hall–Kier alpha value is -2.23. The monoisotopic (exact) mass is 1450 g/mol. The van der Waals surface area contributed by atoms with Crippen molar-refractivity contribution in [3.63, 3.8) is 0 Å². The number of ether oxygens (including phenoxy) is 14. The predicted molar refractivity (Wildman–Crippen MR) is 317 cm³/mol. The van der Waals surface area contributed by atoms with Gasteiger partial charge < -0.3 is 184 Å². The molecule has 11 aliphatic rings. The molecule has 0 radical (unpaired) electrons. The Morgan fingerprint density at radius 3 is 1.14 bits per heavy atom. The van der Waals surface area contributed by atoms with Gasteiger partial charge in [0.15, 0.2) is 37.7 Å². The molecule has 41 atom stereocenters. The van der Waals surface area contributed by atoms with Crippen LogP contribution in [0.4, 0.5) is 0 Å². The van der Waals surface area contributed by atoms with Gasteiger partial charge >= 0.3 is 5.97 Å². The Balaban J connectivity index is 0.791. The number of carbonyl (C=O) groups excluding carboxylic acids is 1. The van der Waals surface area contributed by atoms with Crippen molar-refractivity contribution in [3.05, 3.63) is 12.2 Å². The molecule has 100 heavy (non-hydrogen) atoms. The first-order valence-corrected chi connectivity index (χ1v) is 33.9. The zero-order chi connectivity index (χ0) is 72.7. The van der Waals surface area contributed by atoms with Crippen LogP contribution < -0.4 is 0 Å². The largest absolute Gasteiger partial charge is 0.432 e. The van der Waals surface area contributed by atoms with Gasteiger partial charge in [0.1, 0.15) is 171 Å². The summed E-state index contributed by atoms with van der Waals surface area (Å²) in [7, 11) is 0. The van der Waals surface area contributed by atoms with Crippen molar-refractivity contribution in [2.45, 2.75) is 292 Å². The molecule has 7 saturated heterocycles. The Morgan fingerprint density at radius 2 is 0.720 bits per heavy atom. The first kappa shape index (κ1) is 78.8. The summed E-state index contributed by atoms with van der Waals surface area (Å²) in [6.07, 6.45) is -62.4. The Labute approximate surface area is 571 Å². The number of rotatable bonds is 21. The number of hydrogen-bond acceptors (Lipinski definition) is 38. The summed E-state index contributed by atoms with van der Waals surface area (Å²) in [5, 5.41) is 249. The van der Waals surface area contributed by atoms with Crippen LogP contribution in [-0.4, -0.2) is 390 Å². The van der Waals surface area contributed by atoms with Crippen LogP contribution >= 0.6 is 0 Å². The molecule has 0 aromatic rings. The quantitative estimate of drug-likeness (QED) is 0.0288. The van der Waals surface area contributed by atoms with Gasteiger partial charge in [-0.25, -0.2) is 0 Å². The lowest BCUT2D eigenvalue weighted by Gasteiger charge is -2.64. The van der Waals surface area contributed by atoms with Crippen molar-refractivity contribution >= 4 is 5.97 Å². The first-order chi connectivity index (χ1) is 47.3. The van der Waals surface area contributed by atoms with E-state index in [9.17, 15) is 122 Å². The summed E-state index contributed by atoms with van der Waals surface area (Å²) in [5.41, 5.74) is -2.90. The topological polar surface area (TPSA) is 612 Å². The number of carbonyl (C=O) groups is 1. The Morgan fingerprint density at radius 1 is 0.380 bits per heavy atom. The SMILES string of the molecule is C=C1C[C@@]23CCC4[C@](C)(C(=O)OC5OC(CO)C(O)C(O)C5O)CCC[C@@]4(C)[C@@H]2CC[C@]1(OC1OC(CO)C(O)C(OC2OC(CO)C(OC4OC(CO)C(OC5OC(CO)C(OC6OC(CO)C(O)C(O)C6O)C(O)C5O)C(O)C4O)C(O)C2O)C1OC1OC(CO)C(O)C(O)C1O)C3. The number of hydrogen-bond donors (Lipinski definition) is 23. The van der Waals surface area contributed by atoms with Gasteiger partial charge in [0, 0.05) is 0 Å². The molecule has 38 heteroatoms. The molecule has 4 saturated carbocycles. The summed E-state index contributed by atoms with van der Waals surface area (Å²) in [6.45, 7) is 1.86. The summed E-state index contributed by atoms with van der Waals surface area (Å²) in [5.74, 6) is -1.06. The van der Waals surface area contributed by atoms with Crippen LogP contribution in [0.5, 0.6) is 0 Å². The maximum Gasteiger partial charge on any atom is 0.314 e. The van der Waals surface area contributed by atoms with Crippen LogP contribution in [-0.2, 0) is 71.1 Å². The summed E-state index contributed by atoms with van der Waals surface area (Å²) >= 11 is 0. The fraction of sp³-hybridized carbons (Fsp3) is 0.952. The summed E-state index contributed by atoms with van der Waals surface area (Å²) < 4.78 is 83.2. The van der Waals surface area contributed by atoms with E-state index < -0.39 is 289 Å². The molecule has 0 aromatic heterocycles. The van der Waals surface area contributed by atoms with E-state index in [2.05, 4.69) is 13.5 Å². The molecule has 36 unspecified atom stereocenters. The van der Waals surface area contributed by atoms with Crippen LogP contribution in [0.1, 0.15) is 71.6 Å². The molecule has 11 rings (SSSR count). The molecule has 576 valence electrons. The molecular weight excluding hydrogens is 1350 g/mol. The molecule has 2 bridgehead atoms. The molecule has 7 heterocycles. The third-order valence-corrected chi connectivity index (χ3v) is 23.4. The predicted octanol–water partition coefficient (Wildman–Crippen LogP) is -11.6. The summed E-state index contributed by atoms with van der Waals surface area (Å²) in [6, 6.07) is 0. The van der Waals surface area contributed by atoms with Crippen molar-refractivity contribution in [2.75, 3.05) is 46.2 Å². The third-order valence-electron chi connectivity index (χ3n) is 23.4. The standard InChI is InChI=1S/C62H100O38/c1-20-11-61-9-5-28-59(2,7-4-8-60(28,3)58(86)99-56-42(82)36(76)32(72)23(14-65)89-56)29(61)6-10-62(20,19-61)100-57-50(98-52-41(81)35(75)31(71)22(13-64)88-52)49(33(73)24(15-66)90-57)97-55-45(85)39(79)48(27(18-69)93-55)96-54-44(84)38(78)47(26(17-68)92-54)95-53-43(83)37(77)46(25(16-67)91-53)94-51-40(80)34(74)30(70)21(12-63)87-51/h21-57,63-85H,1,4-19H2,2-3H3/t21?,22?,23?,24?,25?,26?,27?,28?,29-,30?,31?,32?,33?,34?,35?,36?,37?,38?,39?,40?,41?,42?,43?,44?,45?,46?,47?,48?,49?,50?,51?,52?,53?,54?,55?,56?,57?,59+,60+,61+,62-/m0/s1. The average Bonchev–Trinajstić information content (AvgIpc) is 1.48. The highest BCUT2D eigenvalue weighted by Crippen LogP contribution is 2.74. The van der Waals surface area contributed by atoms with Crippen LogP contribution in [0.25, 0.3) is 0 Å². The van der Waals surface area contributed by atoms with Crippen molar-refractivity contribution in [3.8, 4) is 0 Å². The average molecular weight is 1450 g/mol. The third kappa shape index (κ3) is 14.0. The highest BCUT2D eigenvalue weighted by Gasteiger charge is 2.70. The highest BCUT2D eigenvalue weighted by atomic mass is 16.8. The minimum Gasteiger partial charge on any atom is -0.432 e. The van der Waals surface area contributed by atoms with Crippen molar-refractivity contribution in [1.29, 1.82) is 0 Å². The van der Waals surface area contributed by atoms with Gasteiger partial charge in [-0.3, -0.25) is 4.79 Å². The van der Waals surface area contributed by atoms with Crippen LogP contribution in [0.3, 0.4) is 0 Å². The van der Waals surface area contributed by atoms with E-state index in [4.69, 9.17) is 66.3 Å². The lowest BCUT2D eigenvalue weighted by atomic mass is 9.41. The molecule has 11 fully saturated rings. The fourth-order valence-corrected chi connectivity index (χ4v) is 18.0. The van der Waals surface area contributed by atoms with E-state index in [1.807, 2.05) is 0 Å². The van der Waals surface area contributed by atoms with Gasteiger partial charge in [0.05, 0.1) is 57.3 Å². The van der Waals surface area contributed by atoms with E-state index in [1.54, 1.807) is 6.92 Å². The minimum atomic E-state index is -2.29. The number of esters is 1. The number of fused-ring (bicyclic) bond motifs is 3. The van der Waals surface area contributed by atoms with Crippen molar-refractivity contribution < 1.29 is 189 Å². The molecular formula is C62H100O38.